The van der Waals surface area contributed by atoms with Crippen molar-refractivity contribution in [2.75, 3.05) is 20.3 Å². The summed E-state index contributed by atoms with van der Waals surface area (Å²) in [6, 6.07) is 9.00. The number of fused-ring (bicyclic) bond motifs is 1. The Labute approximate surface area is 192 Å². The molecule has 0 bridgehead atoms. The number of ether oxygens (including phenoxy) is 2. The first-order valence-electron chi connectivity index (χ1n) is 10.7. The molecule has 1 aromatic carbocycles. The highest BCUT2D eigenvalue weighted by molar-refractivity contribution is 7.12. The molecule has 1 aliphatic carbocycles. The molecule has 2 aliphatic rings. The van der Waals surface area contributed by atoms with Crippen LogP contribution in [0, 0.1) is 11.8 Å². The fraction of sp³-hybridized carbons (Fsp3) is 0.500. The number of hydrogen-bond donors (Lipinski definition) is 0. The van der Waals surface area contributed by atoms with E-state index in [1.807, 2.05) is 25.1 Å². The van der Waals surface area contributed by atoms with Crippen LogP contribution in [0.2, 0.25) is 5.02 Å². The molecule has 0 amide bonds. The van der Waals surface area contributed by atoms with Gasteiger partial charge in [-0.1, -0.05) is 43.6 Å². The van der Waals surface area contributed by atoms with Crippen molar-refractivity contribution in [3.63, 3.8) is 0 Å². The maximum absolute atomic E-state index is 12.9. The van der Waals surface area contributed by atoms with Crippen LogP contribution in [-0.2, 0) is 37.4 Å². The number of nitrogens with zero attached hydrogens (tertiary/aromatic N) is 1. The second-order valence-electron chi connectivity index (χ2n) is 8.39. The number of thiophene rings is 1. The van der Waals surface area contributed by atoms with Crippen molar-refractivity contribution < 1.29 is 19.1 Å². The number of esters is 2. The first-order valence-corrected chi connectivity index (χ1v) is 11.9. The van der Waals surface area contributed by atoms with Crippen molar-refractivity contribution in [1.82, 2.24) is 4.90 Å². The average molecular weight is 462 g/mol. The van der Waals surface area contributed by atoms with Crippen molar-refractivity contribution in [1.29, 1.82) is 0 Å². The Bertz CT molecular complexity index is 995. The Hall–Kier alpha value is -1.89. The van der Waals surface area contributed by atoms with E-state index in [-0.39, 0.29) is 23.8 Å². The Morgan fingerprint density at radius 2 is 2.00 bits per heavy atom. The van der Waals surface area contributed by atoms with E-state index < -0.39 is 11.5 Å². The van der Waals surface area contributed by atoms with E-state index in [1.165, 1.54) is 17.6 Å². The molecule has 7 heteroatoms. The summed E-state index contributed by atoms with van der Waals surface area (Å²) < 4.78 is 10.6. The van der Waals surface area contributed by atoms with Gasteiger partial charge in [0.25, 0.3) is 0 Å². The highest BCUT2D eigenvalue weighted by atomic mass is 35.5. The Balaban J connectivity index is 1.65. The summed E-state index contributed by atoms with van der Waals surface area (Å²) in [4.78, 5) is 30.1. The topological polar surface area (TPSA) is 55.8 Å². The summed E-state index contributed by atoms with van der Waals surface area (Å²) in [7, 11) is 1.41. The third-order valence-corrected chi connectivity index (χ3v) is 8.72. The van der Waals surface area contributed by atoms with Gasteiger partial charge >= 0.3 is 11.9 Å². The molecule has 4 atom stereocenters. The lowest BCUT2D eigenvalue weighted by Crippen LogP contribution is -2.38. The van der Waals surface area contributed by atoms with Crippen LogP contribution in [0.5, 0.6) is 0 Å². The Kier molecular flexibility index (Phi) is 6.16. The fourth-order valence-corrected chi connectivity index (χ4v) is 6.79. The highest BCUT2D eigenvalue weighted by Crippen LogP contribution is 2.62. The van der Waals surface area contributed by atoms with Crippen molar-refractivity contribution in [3.05, 3.63) is 56.2 Å². The first kappa shape index (κ1) is 22.3. The summed E-state index contributed by atoms with van der Waals surface area (Å²) in [5.41, 5.74) is 1.39. The third kappa shape index (κ3) is 3.59. The minimum atomic E-state index is -0.562. The maximum atomic E-state index is 12.9. The number of hydrogen-bond acceptors (Lipinski definition) is 6. The standard InChI is InChI=1S/C24H28ClNO4S/c1-5-30-23(28)24(14(2)15(24)3)20-12-16-13-26(11-10-19(16)31-20)21(22(27)29-4)17-8-6-7-9-18(17)25/h6-9,12,14-15,21H,5,10-11,13H2,1-4H3/t14-,15?,21-,24?/m1/s1. The lowest BCUT2D eigenvalue weighted by Gasteiger charge is -2.33. The first-order chi connectivity index (χ1) is 14.9. The molecule has 2 aromatic rings. The van der Waals surface area contributed by atoms with E-state index >= 15 is 0 Å². The van der Waals surface area contributed by atoms with Crippen LogP contribution < -0.4 is 0 Å². The monoisotopic (exact) mass is 461 g/mol. The van der Waals surface area contributed by atoms with Gasteiger partial charge in [-0.15, -0.1) is 11.3 Å². The smallest absolute Gasteiger partial charge is 0.327 e. The Morgan fingerprint density at radius 1 is 1.29 bits per heavy atom. The summed E-state index contributed by atoms with van der Waals surface area (Å²) in [6.45, 7) is 7.81. The van der Waals surface area contributed by atoms with Crippen molar-refractivity contribution in [2.45, 2.75) is 45.2 Å². The van der Waals surface area contributed by atoms with E-state index in [1.54, 1.807) is 17.4 Å². The van der Waals surface area contributed by atoms with Crippen LogP contribution in [0.3, 0.4) is 0 Å². The van der Waals surface area contributed by atoms with Gasteiger partial charge in [0, 0.05) is 27.9 Å². The summed E-state index contributed by atoms with van der Waals surface area (Å²) >= 11 is 8.15. The molecule has 1 fully saturated rings. The van der Waals surface area contributed by atoms with Crippen molar-refractivity contribution in [2.24, 2.45) is 11.8 Å². The van der Waals surface area contributed by atoms with E-state index in [0.717, 1.165) is 23.4 Å². The summed E-state index contributed by atoms with van der Waals surface area (Å²) in [5, 5.41) is 0.552. The van der Waals surface area contributed by atoms with E-state index in [9.17, 15) is 9.59 Å². The second-order valence-corrected chi connectivity index (χ2v) is 9.94. The lowest BCUT2D eigenvalue weighted by atomic mass is 9.97. The predicted molar refractivity (Wildman–Crippen MR) is 121 cm³/mol. The number of rotatable bonds is 6. The number of benzene rings is 1. The van der Waals surface area contributed by atoms with Gasteiger partial charge in [-0.2, -0.15) is 0 Å². The minimum Gasteiger partial charge on any atom is -0.468 e. The molecule has 1 aromatic heterocycles. The molecule has 166 valence electrons. The van der Waals surface area contributed by atoms with Gasteiger partial charge in [-0.25, -0.2) is 4.79 Å². The van der Waals surface area contributed by atoms with E-state index in [2.05, 4.69) is 24.8 Å². The van der Waals surface area contributed by atoms with E-state index in [0.29, 0.717) is 18.2 Å². The average Bonchev–Trinajstić information content (AvgIpc) is 3.10. The van der Waals surface area contributed by atoms with Gasteiger partial charge in [0.2, 0.25) is 0 Å². The zero-order valence-corrected chi connectivity index (χ0v) is 19.9. The fourth-order valence-electron chi connectivity index (χ4n) is 5.01. The molecule has 2 heterocycles. The molecule has 0 saturated heterocycles. The zero-order chi connectivity index (χ0) is 22.3. The molecule has 0 spiro atoms. The van der Waals surface area contributed by atoms with Gasteiger partial charge in [0.1, 0.15) is 11.5 Å². The molecular weight excluding hydrogens is 434 g/mol. The van der Waals surface area contributed by atoms with Gasteiger partial charge in [0.05, 0.1) is 13.7 Å². The molecule has 0 radical (unpaired) electrons. The van der Waals surface area contributed by atoms with Crippen molar-refractivity contribution in [3.8, 4) is 0 Å². The number of halogens is 1. The highest BCUT2D eigenvalue weighted by Gasteiger charge is 2.67. The van der Waals surface area contributed by atoms with Crippen molar-refractivity contribution >= 4 is 34.9 Å². The quantitative estimate of drug-likeness (QED) is 0.580. The lowest BCUT2D eigenvalue weighted by molar-refractivity contribution is -0.148. The molecular formula is C24H28ClNO4S. The molecule has 4 rings (SSSR count). The summed E-state index contributed by atoms with van der Waals surface area (Å²) in [5.74, 6) is 0.0794. The van der Waals surface area contributed by atoms with Crippen LogP contribution in [0.4, 0.5) is 0 Å². The zero-order valence-electron chi connectivity index (χ0n) is 18.3. The largest absolute Gasteiger partial charge is 0.468 e. The SMILES string of the molecule is CCOC(=O)C1(c2cc3c(s2)CCN([C@@H](C(=O)OC)c2ccccc2Cl)C3)C(C)[C@H]1C. The van der Waals surface area contributed by atoms with Crippen LogP contribution in [0.25, 0.3) is 0 Å². The molecule has 1 aliphatic heterocycles. The molecule has 2 unspecified atom stereocenters. The molecule has 0 N–H and O–H groups in total. The second kappa shape index (κ2) is 8.57. The van der Waals surface area contributed by atoms with Crippen LogP contribution in [0.15, 0.2) is 30.3 Å². The van der Waals surface area contributed by atoms with Crippen LogP contribution >= 0.6 is 22.9 Å². The third-order valence-electron chi connectivity index (χ3n) is 6.98. The predicted octanol–water partition coefficient (Wildman–Crippen LogP) is 4.76. The molecule has 31 heavy (non-hydrogen) atoms. The molecule has 5 nitrogen and oxygen atoms in total. The van der Waals surface area contributed by atoms with E-state index in [4.69, 9.17) is 21.1 Å². The van der Waals surface area contributed by atoms with Gasteiger partial charge in [-0.3, -0.25) is 9.69 Å². The minimum absolute atomic E-state index is 0.117. The van der Waals surface area contributed by atoms with Gasteiger partial charge in [0.15, 0.2) is 0 Å². The van der Waals surface area contributed by atoms with Gasteiger partial charge < -0.3 is 9.47 Å². The number of carbonyl (C=O) groups excluding carboxylic acids is 2. The Morgan fingerprint density at radius 3 is 2.61 bits per heavy atom. The normalized spacial score (nSPS) is 26.1. The number of methoxy groups -OCH3 is 1. The molecule has 1 saturated carbocycles. The maximum Gasteiger partial charge on any atom is 0.327 e. The number of carbonyl (C=O) groups is 2. The summed E-state index contributed by atoms with van der Waals surface area (Å²) in [6.07, 6.45) is 0.819. The van der Waals surface area contributed by atoms with Gasteiger partial charge in [-0.05, 0) is 48.4 Å². The van der Waals surface area contributed by atoms with Crippen LogP contribution in [-0.4, -0.2) is 37.1 Å². The van der Waals surface area contributed by atoms with Crippen LogP contribution in [0.1, 0.15) is 47.7 Å².